The van der Waals surface area contributed by atoms with Gasteiger partial charge in [0.2, 0.25) is 0 Å². The highest BCUT2D eigenvalue weighted by Gasteiger charge is 2.27. The molecule has 0 spiro atoms. The first-order chi connectivity index (χ1) is 13.2. The van der Waals surface area contributed by atoms with Gasteiger partial charge in [0.05, 0.1) is 6.10 Å². The summed E-state index contributed by atoms with van der Waals surface area (Å²) in [4.78, 5) is 4.83. The summed E-state index contributed by atoms with van der Waals surface area (Å²) in [6.07, 6.45) is 11.1. The zero-order valence-electron chi connectivity index (χ0n) is 17.7. The fraction of sp³-hybridized carbons (Fsp3) is 0.952. The maximum Gasteiger partial charge on any atom is 0.191 e. The van der Waals surface area contributed by atoms with E-state index >= 15 is 0 Å². The fourth-order valence-electron chi connectivity index (χ4n) is 4.57. The van der Waals surface area contributed by atoms with Gasteiger partial charge in [0.1, 0.15) is 0 Å². The summed E-state index contributed by atoms with van der Waals surface area (Å²) in [5.74, 6) is 2.40. The largest absolute Gasteiger partial charge is 0.378 e. The Labute approximate surface area is 169 Å². The van der Waals surface area contributed by atoms with Gasteiger partial charge in [-0.1, -0.05) is 26.2 Å². The monoisotopic (exact) mass is 399 g/mol. The number of nitrogens with zero attached hydrogens (tertiary/aromatic N) is 1. The third-order valence-corrected chi connectivity index (χ3v) is 7.70. The number of aliphatic imine (C=N–C) groups is 1. The molecule has 0 aromatic heterocycles. The highest BCUT2D eigenvalue weighted by Crippen LogP contribution is 2.30. The van der Waals surface area contributed by atoms with Crippen molar-refractivity contribution < 1.29 is 8.95 Å². The van der Waals surface area contributed by atoms with Crippen molar-refractivity contribution in [1.82, 2.24) is 10.6 Å². The van der Waals surface area contributed by atoms with Crippen molar-refractivity contribution in [3.8, 4) is 0 Å². The molecule has 4 unspecified atom stereocenters. The van der Waals surface area contributed by atoms with E-state index in [1.807, 2.05) is 6.92 Å². The summed E-state index contributed by atoms with van der Waals surface area (Å²) >= 11 is 0. The average Bonchev–Trinajstić information content (AvgIpc) is 3.21. The van der Waals surface area contributed by atoms with Gasteiger partial charge in [-0.15, -0.1) is 0 Å². The third-order valence-electron chi connectivity index (χ3n) is 5.96. The lowest BCUT2D eigenvalue weighted by atomic mass is 9.95. The molecule has 0 amide bonds. The Morgan fingerprint density at radius 2 is 1.93 bits per heavy atom. The minimum Gasteiger partial charge on any atom is -0.378 e. The first-order valence-electron chi connectivity index (χ1n) is 11.2. The quantitative estimate of drug-likeness (QED) is 0.435. The van der Waals surface area contributed by atoms with E-state index < -0.39 is 10.8 Å². The van der Waals surface area contributed by atoms with Gasteiger partial charge >= 0.3 is 0 Å². The maximum atomic E-state index is 12.2. The third kappa shape index (κ3) is 7.72. The topological polar surface area (TPSA) is 62.7 Å². The van der Waals surface area contributed by atoms with Gasteiger partial charge in [-0.3, -0.25) is 9.20 Å². The molecule has 0 aromatic rings. The van der Waals surface area contributed by atoms with Gasteiger partial charge < -0.3 is 15.4 Å². The molecule has 2 aliphatic rings. The van der Waals surface area contributed by atoms with Crippen molar-refractivity contribution in [3.63, 3.8) is 0 Å². The van der Waals surface area contributed by atoms with Crippen molar-refractivity contribution in [2.24, 2.45) is 10.9 Å². The molecule has 6 heteroatoms. The summed E-state index contributed by atoms with van der Waals surface area (Å²) in [6.45, 7) is 8.68. The minimum atomic E-state index is -0.685. The molecule has 0 saturated heterocycles. The molecule has 0 aliphatic heterocycles. The van der Waals surface area contributed by atoms with Crippen LogP contribution in [0.25, 0.3) is 0 Å². The zero-order chi connectivity index (χ0) is 19.5. The van der Waals surface area contributed by atoms with Crippen molar-refractivity contribution >= 4 is 16.8 Å². The van der Waals surface area contributed by atoms with E-state index in [0.29, 0.717) is 17.4 Å². The normalized spacial score (nSPS) is 26.7. The van der Waals surface area contributed by atoms with Crippen molar-refractivity contribution in [3.05, 3.63) is 0 Å². The van der Waals surface area contributed by atoms with Crippen LogP contribution in [0.1, 0.15) is 78.6 Å². The van der Waals surface area contributed by atoms with E-state index in [1.54, 1.807) is 0 Å². The number of ether oxygens (including phenoxy) is 1. The molecule has 2 fully saturated rings. The average molecular weight is 400 g/mol. The van der Waals surface area contributed by atoms with E-state index in [-0.39, 0.29) is 0 Å². The second kappa shape index (κ2) is 12.8. The van der Waals surface area contributed by atoms with Crippen LogP contribution < -0.4 is 10.6 Å². The van der Waals surface area contributed by atoms with E-state index in [0.717, 1.165) is 69.4 Å². The summed E-state index contributed by atoms with van der Waals surface area (Å²) < 4.78 is 18.2. The zero-order valence-corrected chi connectivity index (χ0v) is 18.5. The van der Waals surface area contributed by atoms with Gasteiger partial charge in [0.15, 0.2) is 5.96 Å². The van der Waals surface area contributed by atoms with Crippen LogP contribution in [0.2, 0.25) is 0 Å². The molecule has 158 valence electrons. The smallest absolute Gasteiger partial charge is 0.191 e. The molecule has 2 saturated carbocycles. The van der Waals surface area contributed by atoms with Crippen LogP contribution in [0.15, 0.2) is 4.99 Å². The number of rotatable bonds is 10. The van der Waals surface area contributed by atoms with E-state index in [9.17, 15) is 4.21 Å². The summed E-state index contributed by atoms with van der Waals surface area (Å²) in [7, 11) is -0.685. The second-order valence-corrected chi connectivity index (χ2v) is 9.89. The highest BCUT2D eigenvalue weighted by molar-refractivity contribution is 7.85. The fourth-order valence-corrected chi connectivity index (χ4v) is 5.91. The maximum absolute atomic E-state index is 12.2. The van der Waals surface area contributed by atoms with Crippen LogP contribution in [0.3, 0.4) is 0 Å². The summed E-state index contributed by atoms with van der Waals surface area (Å²) in [6, 6.07) is 0.384. The minimum absolute atomic E-state index is 0.342. The van der Waals surface area contributed by atoms with E-state index in [1.165, 1.54) is 25.7 Å². The van der Waals surface area contributed by atoms with E-state index in [4.69, 9.17) is 9.73 Å². The first-order valence-corrected chi connectivity index (χ1v) is 12.6. The van der Waals surface area contributed by atoms with Gasteiger partial charge in [-0.25, -0.2) is 0 Å². The van der Waals surface area contributed by atoms with Crippen LogP contribution in [-0.4, -0.2) is 53.0 Å². The van der Waals surface area contributed by atoms with Crippen molar-refractivity contribution in [2.75, 3.05) is 25.4 Å². The standard InChI is InChI=1S/C21H41N3O2S/c1-4-22-21(24-18-12-9-13-19(16-18)27(25)6-3)23-15-14-20(26-5-2)17-10-7-8-11-17/h17-20H,4-16H2,1-3H3,(H2,22,23,24). The summed E-state index contributed by atoms with van der Waals surface area (Å²) in [5, 5.41) is 7.33. The predicted molar refractivity (Wildman–Crippen MR) is 116 cm³/mol. The number of guanidine groups is 1. The molecule has 2 rings (SSSR count). The molecule has 2 aliphatic carbocycles. The number of nitrogens with one attached hydrogen (secondary N) is 2. The molecule has 27 heavy (non-hydrogen) atoms. The highest BCUT2D eigenvalue weighted by atomic mass is 32.2. The predicted octanol–water partition coefficient (Wildman–Crippen LogP) is 3.61. The van der Waals surface area contributed by atoms with Crippen LogP contribution in [0.5, 0.6) is 0 Å². The molecule has 5 nitrogen and oxygen atoms in total. The SMILES string of the molecule is CCNC(=NCCC(OCC)C1CCCC1)NC1CCCC(S(=O)CC)C1. The number of hydrogen-bond donors (Lipinski definition) is 2. The van der Waals surface area contributed by atoms with Gasteiger partial charge in [0, 0.05) is 47.5 Å². The Morgan fingerprint density at radius 1 is 1.15 bits per heavy atom. The molecule has 2 N–H and O–H groups in total. The lowest BCUT2D eigenvalue weighted by Crippen LogP contribution is -2.46. The Hall–Kier alpha value is -0.620. The van der Waals surface area contributed by atoms with Crippen LogP contribution in [0.4, 0.5) is 0 Å². The Bertz CT molecular complexity index is 466. The Morgan fingerprint density at radius 3 is 2.59 bits per heavy atom. The molecule has 0 bridgehead atoms. The van der Waals surface area contributed by atoms with Gasteiger partial charge in [-0.2, -0.15) is 0 Å². The van der Waals surface area contributed by atoms with Gasteiger partial charge in [0.25, 0.3) is 0 Å². The molecule has 0 radical (unpaired) electrons. The van der Waals surface area contributed by atoms with Crippen LogP contribution in [0, 0.1) is 5.92 Å². The Balaban J connectivity index is 1.86. The molecule has 4 atom stereocenters. The summed E-state index contributed by atoms with van der Waals surface area (Å²) in [5.41, 5.74) is 0. The Kier molecular flexibility index (Phi) is 10.7. The first kappa shape index (κ1) is 22.7. The molecule has 0 heterocycles. The lowest BCUT2D eigenvalue weighted by Gasteiger charge is -2.30. The molecule has 0 aromatic carbocycles. The number of hydrogen-bond acceptors (Lipinski definition) is 3. The van der Waals surface area contributed by atoms with Gasteiger partial charge in [-0.05, 0) is 58.3 Å². The molecular formula is C21H41N3O2S. The second-order valence-electron chi connectivity index (χ2n) is 7.89. The van der Waals surface area contributed by atoms with Crippen LogP contribution >= 0.6 is 0 Å². The van der Waals surface area contributed by atoms with Crippen molar-refractivity contribution in [2.45, 2.75) is 96.0 Å². The van der Waals surface area contributed by atoms with Crippen molar-refractivity contribution in [1.29, 1.82) is 0 Å². The van der Waals surface area contributed by atoms with Crippen LogP contribution in [-0.2, 0) is 15.5 Å². The van der Waals surface area contributed by atoms with E-state index in [2.05, 4.69) is 24.5 Å². The lowest BCUT2D eigenvalue weighted by molar-refractivity contribution is 0.0177. The molecular weight excluding hydrogens is 358 g/mol.